The van der Waals surface area contributed by atoms with Gasteiger partial charge < -0.3 is 5.73 Å². The van der Waals surface area contributed by atoms with Crippen molar-refractivity contribution < 1.29 is 18.5 Å². The Morgan fingerprint density at radius 3 is 2.75 bits per heavy atom. The van der Waals surface area contributed by atoms with Gasteiger partial charge in [0.2, 0.25) is 5.91 Å². The molecule has 20 heavy (non-hydrogen) atoms. The van der Waals surface area contributed by atoms with Gasteiger partial charge in [-0.25, -0.2) is 13.7 Å². The second kappa shape index (κ2) is 5.03. The van der Waals surface area contributed by atoms with E-state index in [9.17, 15) is 14.0 Å². The lowest BCUT2D eigenvalue weighted by atomic mass is 10.2. The third-order valence-electron chi connectivity index (χ3n) is 3.67. The third-order valence-corrected chi connectivity index (χ3v) is 4.02. The van der Waals surface area contributed by atoms with Crippen LogP contribution in [-0.2, 0) is 11.3 Å². The summed E-state index contributed by atoms with van der Waals surface area (Å²) < 4.78 is 13.0. The van der Waals surface area contributed by atoms with E-state index >= 15 is 0 Å². The van der Waals surface area contributed by atoms with E-state index in [1.165, 1.54) is 17.0 Å². The zero-order valence-electron chi connectivity index (χ0n) is 11.3. The molecule has 0 spiro atoms. The van der Waals surface area contributed by atoms with Gasteiger partial charge in [-0.3, -0.25) is 9.69 Å². The maximum absolute atomic E-state index is 13.0. The van der Waals surface area contributed by atoms with Gasteiger partial charge in [0, 0.05) is 12.6 Å². The van der Waals surface area contributed by atoms with Crippen LogP contribution in [0.2, 0.25) is 5.02 Å². The first kappa shape index (κ1) is 14.7. The highest BCUT2D eigenvalue weighted by atomic mass is 35.5. The molecule has 3 amide bonds. The zero-order valence-corrected chi connectivity index (χ0v) is 12.0. The lowest BCUT2D eigenvalue weighted by Crippen LogP contribution is -2.46. The van der Waals surface area contributed by atoms with Crippen LogP contribution in [0.1, 0.15) is 5.56 Å². The van der Waals surface area contributed by atoms with Crippen LogP contribution in [0.4, 0.5) is 9.18 Å². The lowest BCUT2D eigenvalue weighted by molar-refractivity contribution is -0.835. The van der Waals surface area contributed by atoms with Crippen LogP contribution in [0.15, 0.2) is 18.2 Å². The van der Waals surface area contributed by atoms with Crippen molar-refractivity contribution >= 4 is 23.5 Å². The number of urea groups is 1. The van der Waals surface area contributed by atoms with E-state index in [0.29, 0.717) is 5.56 Å². The Morgan fingerprint density at radius 2 is 2.25 bits per heavy atom. The molecule has 5 nitrogen and oxygen atoms in total. The van der Waals surface area contributed by atoms with Crippen molar-refractivity contribution in [3.05, 3.63) is 34.6 Å². The molecule has 1 aliphatic rings. The van der Waals surface area contributed by atoms with E-state index in [-0.39, 0.29) is 28.6 Å². The van der Waals surface area contributed by atoms with E-state index in [2.05, 4.69) is 0 Å². The number of nitrogens with two attached hydrogens (primary N) is 1. The van der Waals surface area contributed by atoms with E-state index < -0.39 is 17.8 Å². The molecule has 2 unspecified atom stereocenters. The van der Waals surface area contributed by atoms with E-state index in [1.54, 1.807) is 20.2 Å². The normalized spacial score (nSPS) is 26.1. The topological polar surface area (TPSA) is 63.4 Å². The number of hydrogen-bond donors (Lipinski definition) is 1. The van der Waals surface area contributed by atoms with Crippen molar-refractivity contribution in [2.24, 2.45) is 5.73 Å². The number of rotatable bonds is 3. The van der Waals surface area contributed by atoms with Crippen molar-refractivity contribution in [2.45, 2.75) is 12.6 Å². The van der Waals surface area contributed by atoms with Crippen molar-refractivity contribution in [1.82, 2.24) is 4.90 Å². The van der Waals surface area contributed by atoms with Gasteiger partial charge in [0.1, 0.15) is 18.9 Å². The number of nitrogens with zero attached hydrogens (tertiary/aromatic N) is 2. The van der Waals surface area contributed by atoms with Gasteiger partial charge in [-0.1, -0.05) is 11.6 Å². The molecule has 1 aliphatic heterocycles. The molecule has 1 aromatic rings. The third kappa shape index (κ3) is 2.48. The number of quaternary nitrogens is 1. The number of carbonyl (C=O) groups is 2. The van der Waals surface area contributed by atoms with Crippen LogP contribution in [0.25, 0.3) is 0 Å². The van der Waals surface area contributed by atoms with Crippen LogP contribution >= 0.6 is 11.6 Å². The molecular formula is C13H16ClFN3O2+. The molecule has 0 aliphatic carbocycles. The first-order valence-corrected chi connectivity index (χ1v) is 6.47. The summed E-state index contributed by atoms with van der Waals surface area (Å²) in [5.41, 5.74) is 5.95. The first-order chi connectivity index (χ1) is 9.24. The predicted octanol–water partition coefficient (Wildman–Crippen LogP) is 1.34. The Labute approximate surface area is 121 Å². The van der Waals surface area contributed by atoms with Gasteiger partial charge in [0.15, 0.2) is 6.04 Å². The Bertz CT molecular complexity index is 581. The number of carbonyl (C=O) groups excluding carboxylic acids is 2. The summed E-state index contributed by atoms with van der Waals surface area (Å²) in [6, 6.07) is 3.20. The summed E-state index contributed by atoms with van der Waals surface area (Å²) in [7, 11) is 3.26. The highest BCUT2D eigenvalue weighted by Gasteiger charge is 2.50. The Kier molecular flexibility index (Phi) is 3.71. The van der Waals surface area contributed by atoms with E-state index in [0.717, 1.165) is 0 Å². The number of amides is 3. The van der Waals surface area contributed by atoms with Gasteiger partial charge in [-0.2, -0.15) is 0 Å². The summed E-state index contributed by atoms with van der Waals surface area (Å²) in [6.45, 7) is 0.560. The molecule has 7 heteroatoms. The van der Waals surface area contributed by atoms with Gasteiger partial charge >= 0.3 is 6.03 Å². The summed E-state index contributed by atoms with van der Waals surface area (Å²) in [5.74, 6) is -0.964. The molecule has 1 saturated heterocycles. The van der Waals surface area contributed by atoms with Crippen molar-refractivity contribution in [3.8, 4) is 0 Å². The second-order valence-electron chi connectivity index (χ2n) is 5.28. The van der Waals surface area contributed by atoms with E-state index in [4.69, 9.17) is 17.3 Å². The average molecular weight is 301 g/mol. The fourth-order valence-electron chi connectivity index (χ4n) is 2.54. The molecule has 2 atom stereocenters. The quantitative estimate of drug-likeness (QED) is 0.856. The Morgan fingerprint density at radius 1 is 1.60 bits per heavy atom. The molecule has 2 N–H and O–H groups in total. The predicted molar refractivity (Wildman–Crippen MR) is 72.3 cm³/mol. The highest BCUT2D eigenvalue weighted by Crippen LogP contribution is 2.27. The fourth-order valence-corrected chi connectivity index (χ4v) is 2.76. The first-order valence-electron chi connectivity index (χ1n) is 6.10. The number of halogens is 2. The Hall–Kier alpha value is -1.66. The molecule has 2 rings (SSSR count). The van der Waals surface area contributed by atoms with E-state index in [1.807, 2.05) is 0 Å². The molecule has 1 fully saturated rings. The van der Waals surface area contributed by atoms with Gasteiger partial charge in [0.25, 0.3) is 0 Å². The summed E-state index contributed by atoms with van der Waals surface area (Å²) >= 11 is 5.99. The minimum absolute atomic E-state index is 0.0184. The number of primary amides is 1. The lowest BCUT2D eigenvalue weighted by Gasteiger charge is -2.25. The minimum atomic E-state index is -0.633. The standard InChI is InChI=1S/C13H15ClFN3O2/c1-17-11(12(16)19)7-18(2,13(17)20)6-8-3-4-9(15)5-10(8)14/h3-5,11H,6-7H2,1-2H3,(H-,16,19)/p+1. The van der Waals surface area contributed by atoms with Gasteiger partial charge in [-0.05, 0) is 18.2 Å². The van der Waals surface area contributed by atoms with Crippen molar-refractivity contribution in [2.75, 3.05) is 20.6 Å². The number of hydrogen-bond acceptors (Lipinski definition) is 2. The van der Waals surface area contributed by atoms with Gasteiger partial charge in [-0.15, -0.1) is 0 Å². The number of benzene rings is 1. The largest absolute Gasteiger partial charge is 0.419 e. The second-order valence-corrected chi connectivity index (χ2v) is 5.69. The molecule has 1 aromatic carbocycles. The Balaban J connectivity index is 2.28. The highest BCUT2D eigenvalue weighted by molar-refractivity contribution is 6.31. The van der Waals surface area contributed by atoms with Crippen LogP contribution < -0.4 is 5.73 Å². The average Bonchev–Trinajstić information content (AvgIpc) is 2.58. The number of likely N-dealkylation sites (N-methyl/N-ethyl adjacent to an activating group) is 2. The zero-order chi connectivity index (χ0) is 15.1. The van der Waals surface area contributed by atoms with Crippen LogP contribution in [0, 0.1) is 5.82 Å². The van der Waals surface area contributed by atoms with Crippen molar-refractivity contribution in [1.29, 1.82) is 0 Å². The molecule has 0 aromatic heterocycles. The van der Waals surface area contributed by atoms with Crippen LogP contribution in [0.5, 0.6) is 0 Å². The molecule has 1 heterocycles. The van der Waals surface area contributed by atoms with Crippen molar-refractivity contribution in [3.63, 3.8) is 0 Å². The molecule has 108 valence electrons. The molecule has 0 bridgehead atoms. The minimum Gasteiger partial charge on any atom is -0.368 e. The maximum atomic E-state index is 13.0. The maximum Gasteiger partial charge on any atom is 0.419 e. The SMILES string of the molecule is CN1C(=O)[N+](C)(Cc2ccc(F)cc2Cl)CC1C(N)=O. The monoisotopic (exact) mass is 300 g/mol. The molecular weight excluding hydrogens is 285 g/mol. The van der Waals surface area contributed by atoms with Crippen LogP contribution in [-0.4, -0.2) is 48.0 Å². The van der Waals surface area contributed by atoms with Crippen LogP contribution in [0.3, 0.4) is 0 Å². The van der Waals surface area contributed by atoms with Gasteiger partial charge in [0.05, 0.1) is 12.1 Å². The smallest absolute Gasteiger partial charge is 0.368 e. The summed E-state index contributed by atoms with van der Waals surface area (Å²) in [4.78, 5) is 25.0. The summed E-state index contributed by atoms with van der Waals surface area (Å²) in [6.07, 6.45) is 0. The molecule has 0 radical (unpaired) electrons. The molecule has 0 saturated carbocycles. The summed E-state index contributed by atoms with van der Waals surface area (Å²) in [5, 5.41) is 0.266. The fraction of sp³-hybridized carbons (Fsp3) is 0.385.